The van der Waals surface area contributed by atoms with Crippen LogP contribution in [0.25, 0.3) is 0 Å². The number of hydrogen-bond acceptors (Lipinski definition) is 4. The predicted molar refractivity (Wildman–Crippen MR) is 49.3 cm³/mol. The highest BCUT2D eigenvalue weighted by atomic mass is 16.5. The molecule has 0 fully saturated rings. The predicted octanol–water partition coefficient (Wildman–Crippen LogP) is 0.0292. The first-order chi connectivity index (χ1) is 6.86. The summed E-state index contributed by atoms with van der Waals surface area (Å²) < 4.78 is 10.1. The molecule has 0 aliphatic carbocycles. The van der Waals surface area contributed by atoms with Gasteiger partial charge in [0.1, 0.15) is 24.7 Å². The highest BCUT2D eigenvalue weighted by Crippen LogP contribution is 2.15. The average Bonchev–Trinajstić information content (AvgIpc) is 2.25. The van der Waals surface area contributed by atoms with E-state index >= 15 is 0 Å². The van der Waals surface area contributed by atoms with Gasteiger partial charge in [0.2, 0.25) is 0 Å². The van der Waals surface area contributed by atoms with E-state index in [1.165, 1.54) is 0 Å². The first-order valence-electron chi connectivity index (χ1n) is 4.27. The van der Waals surface area contributed by atoms with Crippen molar-refractivity contribution in [3.8, 4) is 11.5 Å². The van der Waals surface area contributed by atoms with Gasteiger partial charge in [0.15, 0.2) is 0 Å². The van der Waals surface area contributed by atoms with Crippen LogP contribution in [0, 0.1) is 12.1 Å². The third kappa shape index (κ3) is 3.64. The number of rotatable bonds is 6. The molecule has 0 aliphatic rings. The molecular formula is C10H12O4. The Bertz CT molecular complexity index is 218. The molecule has 0 amide bonds. The van der Waals surface area contributed by atoms with Gasteiger partial charge in [-0.05, 0) is 12.1 Å². The largest absolute Gasteiger partial charge is 0.491 e. The molecule has 0 bridgehead atoms. The molecule has 4 heteroatoms. The first kappa shape index (κ1) is 10.8. The van der Waals surface area contributed by atoms with Crippen molar-refractivity contribution in [3.05, 3.63) is 24.3 Å². The van der Waals surface area contributed by atoms with Crippen LogP contribution < -0.4 is 9.47 Å². The fraction of sp³-hybridized carbons (Fsp3) is 0.400. The van der Waals surface area contributed by atoms with Crippen LogP contribution in [-0.4, -0.2) is 36.6 Å². The number of aliphatic hydroxyl groups excluding tert-OH is 2. The Kier molecular flexibility index (Phi) is 4.82. The van der Waals surface area contributed by atoms with Crippen LogP contribution in [0.15, 0.2) is 12.1 Å². The van der Waals surface area contributed by atoms with Gasteiger partial charge in [-0.25, -0.2) is 0 Å². The molecule has 0 aliphatic heterocycles. The van der Waals surface area contributed by atoms with Gasteiger partial charge in [-0.15, -0.1) is 0 Å². The summed E-state index contributed by atoms with van der Waals surface area (Å²) >= 11 is 0. The van der Waals surface area contributed by atoms with Crippen molar-refractivity contribution in [2.45, 2.75) is 0 Å². The van der Waals surface area contributed by atoms with E-state index in [2.05, 4.69) is 12.1 Å². The Morgan fingerprint density at radius 3 is 1.64 bits per heavy atom. The molecule has 0 heterocycles. The molecule has 0 unspecified atom stereocenters. The summed E-state index contributed by atoms with van der Waals surface area (Å²) in [6.07, 6.45) is 0. The van der Waals surface area contributed by atoms with Gasteiger partial charge in [0, 0.05) is 12.1 Å². The van der Waals surface area contributed by atoms with Crippen molar-refractivity contribution in [1.82, 2.24) is 0 Å². The maximum absolute atomic E-state index is 8.50. The van der Waals surface area contributed by atoms with Gasteiger partial charge in [-0.1, -0.05) is 0 Å². The average molecular weight is 196 g/mol. The Morgan fingerprint density at radius 2 is 1.36 bits per heavy atom. The number of aliphatic hydroxyl groups is 2. The van der Waals surface area contributed by atoms with E-state index in [0.29, 0.717) is 11.5 Å². The molecular weight excluding hydrogens is 184 g/mol. The Balaban J connectivity index is 2.42. The fourth-order valence-electron chi connectivity index (χ4n) is 0.835. The van der Waals surface area contributed by atoms with Crippen LogP contribution in [0.4, 0.5) is 0 Å². The molecule has 0 saturated carbocycles. The maximum atomic E-state index is 8.50. The van der Waals surface area contributed by atoms with E-state index in [0.717, 1.165) is 0 Å². The molecule has 0 spiro atoms. The van der Waals surface area contributed by atoms with Crippen LogP contribution in [0.5, 0.6) is 11.5 Å². The first-order valence-corrected chi connectivity index (χ1v) is 4.27. The minimum absolute atomic E-state index is 0.0311. The van der Waals surface area contributed by atoms with E-state index < -0.39 is 0 Å². The molecule has 1 aromatic rings. The Hall–Kier alpha value is -1.26. The van der Waals surface area contributed by atoms with Crippen LogP contribution in [0.2, 0.25) is 0 Å². The lowest BCUT2D eigenvalue weighted by Crippen LogP contribution is -2.03. The standard InChI is InChI=1S/C10H12O4/c11-5-7-13-9-1-2-10(4-3-9)14-8-6-12/h1,4,11-12H,5-8H2. The second kappa shape index (κ2) is 6.23. The van der Waals surface area contributed by atoms with Crippen LogP contribution >= 0.6 is 0 Å². The minimum atomic E-state index is -0.0311. The third-order valence-electron chi connectivity index (χ3n) is 1.39. The number of hydrogen-bond donors (Lipinski definition) is 2. The monoisotopic (exact) mass is 196 g/mol. The van der Waals surface area contributed by atoms with Crippen molar-refractivity contribution >= 4 is 0 Å². The van der Waals surface area contributed by atoms with Crippen LogP contribution in [-0.2, 0) is 0 Å². The lowest BCUT2D eigenvalue weighted by atomic mass is 10.3. The Morgan fingerprint density at radius 1 is 0.929 bits per heavy atom. The second-order valence-electron chi connectivity index (χ2n) is 2.45. The van der Waals surface area contributed by atoms with Gasteiger partial charge in [-0.3, -0.25) is 0 Å². The van der Waals surface area contributed by atoms with E-state index in [1.54, 1.807) is 12.1 Å². The third-order valence-corrected chi connectivity index (χ3v) is 1.39. The van der Waals surface area contributed by atoms with E-state index in [9.17, 15) is 0 Å². The molecule has 4 nitrogen and oxygen atoms in total. The quantitative estimate of drug-likeness (QED) is 0.674. The van der Waals surface area contributed by atoms with Gasteiger partial charge < -0.3 is 19.7 Å². The summed E-state index contributed by atoms with van der Waals surface area (Å²) in [4.78, 5) is 0. The molecule has 14 heavy (non-hydrogen) atoms. The Labute approximate surface area is 82.7 Å². The molecule has 2 radical (unpaired) electrons. The van der Waals surface area contributed by atoms with E-state index in [1.807, 2.05) is 0 Å². The maximum Gasteiger partial charge on any atom is 0.128 e. The van der Waals surface area contributed by atoms with E-state index in [4.69, 9.17) is 19.7 Å². The van der Waals surface area contributed by atoms with Gasteiger partial charge >= 0.3 is 0 Å². The molecule has 0 atom stereocenters. The topological polar surface area (TPSA) is 58.9 Å². The second-order valence-corrected chi connectivity index (χ2v) is 2.45. The van der Waals surface area contributed by atoms with Gasteiger partial charge in [0.25, 0.3) is 0 Å². The van der Waals surface area contributed by atoms with Crippen molar-refractivity contribution in [1.29, 1.82) is 0 Å². The molecule has 76 valence electrons. The number of ether oxygens (including phenoxy) is 2. The zero-order valence-corrected chi connectivity index (χ0v) is 7.69. The van der Waals surface area contributed by atoms with Crippen LogP contribution in [0.3, 0.4) is 0 Å². The summed E-state index contributed by atoms with van der Waals surface area (Å²) in [7, 11) is 0. The summed E-state index contributed by atoms with van der Waals surface area (Å²) in [6, 6.07) is 8.76. The molecule has 1 aromatic carbocycles. The van der Waals surface area contributed by atoms with E-state index in [-0.39, 0.29) is 26.4 Å². The van der Waals surface area contributed by atoms with Crippen molar-refractivity contribution in [2.24, 2.45) is 0 Å². The fourth-order valence-corrected chi connectivity index (χ4v) is 0.835. The smallest absolute Gasteiger partial charge is 0.128 e. The van der Waals surface area contributed by atoms with Crippen molar-refractivity contribution in [3.63, 3.8) is 0 Å². The van der Waals surface area contributed by atoms with Gasteiger partial charge in [0.05, 0.1) is 13.2 Å². The molecule has 2 N–H and O–H groups in total. The summed E-state index contributed by atoms with van der Waals surface area (Å²) in [5, 5.41) is 17.0. The summed E-state index contributed by atoms with van der Waals surface area (Å²) in [6.45, 7) is 0.412. The summed E-state index contributed by atoms with van der Waals surface area (Å²) in [5.74, 6) is 1.02. The number of benzene rings is 1. The zero-order chi connectivity index (χ0) is 10.2. The zero-order valence-electron chi connectivity index (χ0n) is 7.69. The molecule has 0 aromatic heterocycles. The normalized spacial score (nSPS) is 9.86. The summed E-state index contributed by atoms with van der Waals surface area (Å²) in [5.41, 5.74) is 0. The molecule has 0 saturated heterocycles. The highest BCUT2D eigenvalue weighted by molar-refractivity contribution is 5.28. The van der Waals surface area contributed by atoms with Crippen LogP contribution in [0.1, 0.15) is 0 Å². The molecule has 1 rings (SSSR count). The lowest BCUT2D eigenvalue weighted by Gasteiger charge is -2.05. The SMILES string of the molecule is OCCOc1[c]cc(OCCO)[c]c1. The highest BCUT2D eigenvalue weighted by Gasteiger charge is 1.96. The lowest BCUT2D eigenvalue weighted by molar-refractivity contribution is 0.197. The minimum Gasteiger partial charge on any atom is -0.491 e. The van der Waals surface area contributed by atoms with Gasteiger partial charge in [-0.2, -0.15) is 0 Å². The van der Waals surface area contributed by atoms with Crippen molar-refractivity contribution in [2.75, 3.05) is 26.4 Å². The van der Waals surface area contributed by atoms with Crippen molar-refractivity contribution < 1.29 is 19.7 Å².